The van der Waals surface area contributed by atoms with Gasteiger partial charge >= 0.3 is 0 Å². The third-order valence-corrected chi connectivity index (χ3v) is 3.68. The summed E-state index contributed by atoms with van der Waals surface area (Å²) in [4.78, 5) is 0. The van der Waals surface area contributed by atoms with Crippen molar-refractivity contribution in [2.24, 2.45) is 0 Å². The second-order valence-corrected chi connectivity index (χ2v) is 5.23. The fraction of sp³-hybridized carbons (Fsp3) is 0.294. The van der Waals surface area contributed by atoms with Crippen molar-refractivity contribution in [1.29, 1.82) is 0 Å². The van der Waals surface area contributed by atoms with Gasteiger partial charge in [-0.1, -0.05) is 42.0 Å². The molecule has 0 radical (unpaired) electrons. The SMILES string of the molecule is Cc1ccc(NC2COCc3ccccc32)c(C)c1. The van der Waals surface area contributed by atoms with Gasteiger partial charge in [-0.15, -0.1) is 0 Å². The molecule has 0 saturated carbocycles. The van der Waals surface area contributed by atoms with E-state index < -0.39 is 0 Å². The van der Waals surface area contributed by atoms with Gasteiger partial charge in [-0.25, -0.2) is 0 Å². The lowest BCUT2D eigenvalue weighted by molar-refractivity contribution is 0.0970. The summed E-state index contributed by atoms with van der Waals surface area (Å²) in [7, 11) is 0. The molecule has 98 valence electrons. The second-order valence-electron chi connectivity index (χ2n) is 5.23. The Morgan fingerprint density at radius 1 is 1.11 bits per heavy atom. The first-order valence-electron chi connectivity index (χ1n) is 6.73. The normalized spacial score (nSPS) is 17.9. The molecule has 1 atom stereocenters. The van der Waals surface area contributed by atoms with Crippen LogP contribution in [0.1, 0.15) is 28.3 Å². The minimum Gasteiger partial charge on any atom is -0.376 e. The lowest BCUT2D eigenvalue weighted by Crippen LogP contribution is -2.23. The highest BCUT2D eigenvalue weighted by Gasteiger charge is 2.20. The van der Waals surface area contributed by atoms with Crippen LogP contribution in [0.5, 0.6) is 0 Å². The maximum absolute atomic E-state index is 5.68. The molecule has 0 saturated heterocycles. The summed E-state index contributed by atoms with van der Waals surface area (Å²) in [6.45, 7) is 5.71. The Bertz CT molecular complexity index is 592. The largest absolute Gasteiger partial charge is 0.376 e. The van der Waals surface area contributed by atoms with E-state index in [-0.39, 0.29) is 6.04 Å². The maximum atomic E-state index is 5.68. The van der Waals surface area contributed by atoms with Crippen LogP contribution in [0.25, 0.3) is 0 Å². The number of nitrogens with one attached hydrogen (secondary N) is 1. The predicted molar refractivity (Wildman–Crippen MR) is 78.4 cm³/mol. The molecule has 0 spiro atoms. The van der Waals surface area contributed by atoms with Crippen LogP contribution in [0, 0.1) is 13.8 Å². The maximum Gasteiger partial charge on any atom is 0.0751 e. The van der Waals surface area contributed by atoms with E-state index in [1.54, 1.807) is 0 Å². The molecule has 1 aliphatic heterocycles. The summed E-state index contributed by atoms with van der Waals surface area (Å²) >= 11 is 0. The minimum atomic E-state index is 0.242. The Morgan fingerprint density at radius 2 is 1.95 bits per heavy atom. The van der Waals surface area contributed by atoms with Crippen LogP contribution in [0.4, 0.5) is 5.69 Å². The van der Waals surface area contributed by atoms with Gasteiger partial charge in [0.15, 0.2) is 0 Å². The topological polar surface area (TPSA) is 21.3 Å². The van der Waals surface area contributed by atoms with Crippen molar-refractivity contribution < 1.29 is 4.74 Å². The summed E-state index contributed by atoms with van der Waals surface area (Å²) in [6.07, 6.45) is 0. The van der Waals surface area contributed by atoms with Gasteiger partial charge in [0.1, 0.15) is 0 Å². The molecule has 2 aromatic carbocycles. The lowest BCUT2D eigenvalue weighted by atomic mass is 9.98. The predicted octanol–water partition coefficient (Wildman–Crippen LogP) is 3.99. The quantitative estimate of drug-likeness (QED) is 0.874. The van der Waals surface area contributed by atoms with Gasteiger partial charge in [-0.05, 0) is 36.6 Å². The molecule has 2 nitrogen and oxygen atoms in total. The van der Waals surface area contributed by atoms with E-state index in [9.17, 15) is 0 Å². The van der Waals surface area contributed by atoms with E-state index in [2.05, 4.69) is 61.6 Å². The van der Waals surface area contributed by atoms with Crippen LogP contribution >= 0.6 is 0 Å². The first-order chi connectivity index (χ1) is 9.24. The van der Waals surface area contributed by atoms with E-state index in [0.29, 0.717) is 0 Å². The highest BCUT2D eigenvalue weighted by Crippen LogP contribution is 2.29. The summed E-state index contributed by atoms with van der Waals surface area (Å²) in [5, 5.41) is 3.61. The molecular formula is C17H19NO. The fourth-order valence-electron chi connectivity index (χ4n) is 2.66. The zero-order valence-corrected chi connectivity index (χ0v) is 11.4. The Balaban J connectivity index is 1.88. The Kier molecular flexibility index (Phi) is 3.26. The first-order valence-corrected chi connectivity index (χ1v) is 6.73. The smallest absolute Gasteiger partial charge is 0.0751 e. The van der Waals surface area contributed by atoms with E-state index in [1.807, 2.05) is 0 Å². The summed E-state index contributed by atoms with van der Waals surface area (Å²) < 4.78 is 5.68. The van der Waals surface area contributed by atoms with Gasteiger partial charge < -0.3 is 10.1 Å². The fourth-order valence-corrected chi connectivity index (χ4v) is 2.66. The van der Waals surface area contributed by atoms with Crippen molar-refractivity contribution >= 4 is 5.69 Å². The number of fused-ring (bicyclic) bond motifs is 1. The van der Waals surface area contributed by atoms with E-state index in [1.165, 1.54) is 27.9 Å². The van der Waals surface area contributed by atoms with Crippen LogP contribution < -0.4 is 5.32 Å². The zero-order valence-electron chi connectivity index (χ0n) is 11.4. The standard InChI is InChI=1S/C17H19NO/c1-12-7-8-16(13(2)9-12)18-17-11-19-10-14-5-3-4-6-15(14)17/h3-9,17-18H,10-11H2,1-2H3. The van der Waals surface area contributed by atoms with Gasteiger partial charge in [0, 0.05) is 5.69 Å². The molecule has 0 aliphatic carbocycles. The van der Waals surface area contributed by atoms with Crippen LogP contribution in [0.2, 0.25) is 0 Å². The molecule has 0 fully saturated rings. The van der Waals surface area contributed by atoms with Gasteiger partial charge in [0.05, 0.1) is 19.3 Å². The Hall–Kier alpha value is -1.80. The molecule has 1 N–H and O–H groups in total. The van der Waals surface area contributed by atoms with Crippen LogP contribution in [0.15, 0.2) is 42.5 Å². The molecule has 1 aliphatic rings. The average molecular weight is 253 g/mol. The molecule has 1 heterocycles. The third kappa shape index (κ3) is 2.49. The molecule has 0 aromatic heterocycles. The molecule has 1 unspecified atom stereocenters. The Labute approximate surface area is 114 Å². The molecule has 2 heteroatoms. The van der Waals surface area contributed by atoms with Gasteiger partial charge in [0.2, 0.25) is 0 Å². The molecule has 19 heavy (non-hydrogen) atoms. The zero-order chi connectivity index (χ0) is 13.2. The third-order valence-electron chi connectivity index (χ3n) is 3.68. The first kappa shape index (κ1) is 12.2. The number of hydrogen-bond donors (Lipinski definition) is 1. The van der Waals surface area contributed by atoms with E-state index in [4.69, 9.17) is 4.74 Å². The number of anilines is 1. The van der Waals surface area contributed by atoms with Crippen molar-refractivity contribution in [2.45, 2.75) is 26.5 Å². The van der Waals surface area contributed by atoms with Crippen molar-refractivity contribution in [3.8, 4) is 0 Å². The van der Waals surface area contributed by atoms with Crippen LogP contribution in [0.3, 0.4) is 0 Å². The number of rotatable bonds is 2. The number of aryl methyl sites for hydroxylation is 2. The number of benzene rings is 2. The average Bonchev–Trinajstić information content (AvgIpc) is 2.42. The van der Waals surface area contributed by atoms with Gasteiger partial charge in [0.25, 0.3) is 0 Å². The highest BCUT2D eigenvalue weighted by atomic mass is 16.5. The highest BCUT2D eigenvalue weighted by molar-refractivity contribution is 5.54. The Morgan fingerprint density at radius 3 is 2.79 bits per heavy atom. The number of ether oxygens (including phenoxy) is 1. The molecular weight excluding hydrogens is 234 g/mol. The molecule has 2 aromatic rings. The van der Waals surface area contributed by atoms with Gasteiger partial charge in [-0.2, -0.15) is 0 Å². The van der Waals surface area contributed by atoms with Gasteiger partial charge in [-0.3, -0.25) is 0 Å². The minimum absolute atomic E-state index is 0.242. The van der Waals surface area contributed by atoms with Crippen molar-refractivity contribution in [1.82, 2.24) is 0 Å². The van der Waals surface area contributed by atoms with E-state index in [0.717, 1.165) is 13.2 Å². The summed E-state index contributed by atoms with van der Waals surface area (Å²) in [5.74, 6) is 0. The summed E-state index contributed by atoms with van der Waals surface area (Å²) in [6, 6.07) is 15.3. The monoisotopic (exact) mass is 253 g/mol. The molecule has 0 bridgehead atoms. The van der Waals surface area contributed by atoms with E-state index >= 15 is 0 Å². The van der Waals surface area contributed by atoms with Crippen LogP contribution in [-0.4, -0.2) is 6.61 Å². The second kappa shape index (κ2) is 5.06. The van der Waals surface area contributed by atoms with Crippen LogP contribution in [-0.2, 0) is 11.3 Å². The molecule has 0 amide bonds. The van der Waals surface area contributed by atoms with Crippen molar-refractivity contribution in [3.05, 3.63) is 64.7 Å². The lowest BCUT2D eigenvalue weighted by Gasteiger charge is -2.28. The number of hydrogen-bond acceptors (Lipinski definition) is 2. The molecule has 3 rings (SSSR count). The summed E-state index contributed by atoms with van der Waals surface area (Å²) in [5.41, 5.74) is 6.41. The van der Waals surface area contributed by atoms with Crippen molar-refractivity contribution in [3.63, 3.8) is 0 Å². The van der Waals surface area contributed by atoms with Crippen molar-refractivity contribution in [2.75, 3.05) is 11.9 Å².